The van der Waals surface area contributed by atoms with Crippen molar-refractivity contribution < 1.29 is 15.0 Å². The predicted molar refractivity (Wildman–Crippen MR) is 284 cm³/mol. The summed E-state index contributed by atoms with van der Waals surface area (Å²) in [4.78, 5) is 12.4. The van der Waals surface area contributed by atoms with E-state index in [-0.39, 0.29) is 12.5 Å². The van der Waals surface area contributed by atoms with Crippen molar-refractivity contribution in [3.63, 3.8) is 0 Å². The highest BCUT2D eigenvalue weighted by Gasteiger charge is 2.17. The molecule has 0 heterocycles. The van der Waals surface area contributed by atoms with Crippen molar-refractivity contribution in [2.45, 2.75) is 193 Å². The molecular weight excluding hydrogens is 783 g/mol. The molecule has 0 fully saturated rings. The third-order valence-electron chi connectivity index (χ3n) is 10.2. The molecule has 0 rings (SSSR count). The molecule has 3 N–H and O–H groups in total. The van der Waals surface area contributed by atoms with Crippen molar-refractivity contribution in [1.29, 1.82) is 0 Å². The van der Waals surface area contributed by atoms with Crippen molar-refractivity contribution in [2.75, 3.05) is 6.61 Å². The van der Waals surface area contributed by atoms with Crippen molar-refractivity contribution in [2.24, 2.45) is 0 Å². The van der Waals surface area contributed by atoms with Crippen LogP contribution in [-0.2, 0) is 4.79 Å². The first kappa shape index (κ1) is 59.8. The molecule has 0 radical (unpaired) electrons. The average Bonchev–Trinajstić information content (AvgIpc) is 3.30. The SMILES string of the molecule is CC/C=C\C/C=C\C/C=C\C/C=C\C/C=C\C/C=C\C/C=C\C/C=C\C/C=C\C/C=C\C/C=C\C/C=C\CCCCC(=O)NC(CO)C(O)/C=C/CC/C=C/CCCCCCCCC. The number of carbonyl (C=O) groups is 1. The number of nitrogens with one attached hydrogen (secondary N) is 1. The molecule has 356 valence electrons. The molecule has 4 heteroatoms. The topological polar surface area (TPSA) is 69.6 Å². The van der Waals surface area contributed by atoms with Crippen molar-refractivity contribution >= 4 is 5.91 Å². The number of unbranched alkanes of at least 4 members (excludes halogenated alkanes) is 10. The Labute approximate surface area is 394 Å². The van der Waals surface area contributed by atoms with Crippen LogP contribution in [0, 0.1) is 0 Å². The van der Waals surface area contributed by atoms with E-state index in [0.29, 0.717) is 6.42 Å². The highest BCUT2D eigenvalue weighted by Crippen LogP contribution is 2.10. The summed E-state index contributed by atoms with van der Waals surface area (Å²) in [6.07, 6.45) is 87.7. The molecule has 0 spiro atoms. The zero-order chi connectivity index (χ0) is 46.3. The highest BCUT2D eigenvalue weighted by atomic mass is 16.3. The molecule has 4 nitrogen and oxygen atoms in total. The molecular formula is C60H93NO3. The van der Waals surface area contributed by atoms with E-state index >= 15 is 0 Å². The highest BCUT2D eigenvalue weighted by molar-refractivity contribution is 5.76. The van der Waals surface area contributed by atoms with Gasteiger partial charge in [-0.25, -0.2) is 0 Å². The quantitative estimate of drug-likeness (QED) is 0.0422. The molecule has 0 aliphatic heterocycles. The third-order valence-corrected chi connectivity index (χ3v) is 10.2. The van der Waals surface area contributed by atoms with Gasteiger partial charge in [-0.05, 0) is 122 Å². The minimum Gasteiger partial charge on any atom is -0.394 e. The molecule has 0 saturated heterocycles. The van der Waals surface area contributed by atoms with Gasteiger partial charge in [0.2, 0.25) is 5.91 Å². The van der Waals surface area contributed by atoms with Crippen LogP contribution in [0.4, 0.5) is 0 Å². The van der Waals surface area contributed by atoms with Gasteiger partial charge >= 0.3 is 0 Å². The van der Waals surface area contributed by atoms with E-state index in [1.807, 2.05) is 6.08 Å². The molecule has 0 saturated carbocycles. The Morgan fingerprint density at radius 1 is 0.391 bits per heavy atom. The van der Waals surface area contributed by atoms with Crippen LogP contribution in [0.1, 0.15) is 181 Å². The number of aliphatic hydroxyl groups is 2. The van der Waals surface area contributed by atoms with E-state index < -0.39 is 12.1 Å². The fourth-order valence-electron chi connectivity index (χ4n) is 6.35. The lowest BCUT2D eigenvalue weighted by molar-refractivity contribution is -0.123. The number of carbonyl (C=O) groups excluding carboxylic acids is 1. The van der Waals surface area contributed by atoms with Crippen LogP contribution in [0.2, 0.25) is 0 Å². The molecule has 1 amide bonds. The van der Waals surface area contributed by atoms with Crippen LogP contribution in [0.15, 0.2) is 170 Å². The van der Waals surface area contributed by atoms with Crippen molar-refractivity contribution in [1.82, 2.24) is 5.32 Å². The predicted octanol–water partition coefficient (Wildman–Crippen LogP) is 16.8. The molecule has 0 aliphatic carbocycles. The first-order valence-corrected chi connectivity index (χ1v) is 25.3. The van der Waals surface area contributed by atoms with Gasteiger partial charge in [0.1, 0.15) is 0 Å². The molecule has 0 bridgehead atoms. The normalized spacial score (nSPS) is 14.4. The Kier molecular flexibility index (Phi) is 49.6. The minimum atomic E-state index is -0.892. The van der Waals surface area contributed by atoms with Gasteiger partial charge < -0.3 is 15.5 Å². The van der Waals surface area contributed by atoms with Crippen LogP contribution < -0.4 is 5.32 Å². The van der Waals surface area contributed by atoms with Gasteiger partial charge in [0.15, 0.2) is 0 Å². The molecule has 0 aromatic carbocycles. The Hall–Kier alpha value is -4.25. The molecule has 2 atom stereocenters. The summed E-state index contributed by atoms with van der Waals surface area (Å²) in [5, 5.41) is 22.9. The van der Waals surface area contributed by atoms with E-state index in [0.717, 1.165) is 116 Å². The van der Waals surface area contributed by atoms with Crippen molar-refractivity contribution in [3.05, 3.63) is 170 Å². The van der Waals surface area contributed by atoms with Crippen LogP contribution >= 0.6 is 0 Å². The van der Waals surface area contributed by atoms with E-state index in [9.17, 15) is 15.0 Å². The second kappa shape index (κ2) is 53.1. The summed E-state index contributed by atoms with van der Waals surface area (Å²) in [5.74, 6) is -0.126. The molecule has 0 aliphatic rings. The molecule has 0 aromatic rings. The fraction of sp³-hybridized carbons (Fsp3) is 0.517. The average molecular weight is 876 g/mol. The second-order valence-corrected chi connectivity index (χ2v) is 16.1. The Bertz CT molecular complexity index is 1460. The van der Waals surface area contributed by atoms with Gasteiger partial charge in [-0.15, -0.1) is 0 Å². The molecule has 0 aromatic heterocycles. The first-order valence-electron chi connectivity index (χ1n) is 25.3. The zero-order valence-electron chi connectivity index (χ0n) is 40.7. The van der Waals surface area contributed by atoms with Crippen LogP contribution in [0.3, 0.4) is 0 Å². The summed E-state index contributed by atoms with van der Waals surface area (Å²) in [6, 6.07) is -0.674. The van der Waals surface area contributed by atoms with E-state index in [1.54, 1.807) is 6.08 Å². The summed E-state index contributed by atoms with van der Waals surface area (Å²) in [6.45, 7) is 4.13. The monoisotopic (exact) mass is 876 g/mol. The Morgan fingerprint density at radius 3 is 1.09 bits per heavy atom. The maximum Gasteiger partial charge on any atom is 0.220 e. The maximum atomic E-state index is 12.4. The summed E-state index contributed by atoms with van der Waals surface area (Å²) in [5.41, 5.74) is 0. The summed E-state index contributed by atoms with van der Waals surface area (Å²) in [7, 11) is 0. The number of aliphatic hydroxyl groups excluding tert-OH is 2. The lowest BCUT2D eigenvalue weighted by atomic mass is 10.1. The number of hydrogen-bond donors (Lipinski definition) is 3. The lowest BCUT2D eigenvalue weighted by Crippen LogP contribution is -2.45. The summed E-state index contributed by atoms with van der Waals surface area (Å²) >= 11 is 0. The number of rotatable bonds is 43. The van der Waals surface area contributed by atoms with Crippen LogP contribution in [-0.4, -0.2) is 34.9 Å². The van der Waals surface area contributed by atoms with E-state index in [2.05, 4.69) is 177 Å². The molecule has 64 heavy (non-hydrogen) atoms. The fourth-order valence-corrected chi connectivity index (χ4v) is 6.35. The minimum absolute atomic E-state index is 0.126. The number of amides is 1. The van der Waals surface area contributed by atoms with Gasteiger partial charge in [0.05, 0.1) is 18.8 Å². The largest absolute Gasteiger partial charge is 0.394 e. The van der Waals surface area contributed by atoms with Gasteiger partial charge in [-0.2, -0.15) is 0 Å². The standard InChI is InChI=1S/C60H93NO3/c1-3-5-7-9-11-13-15-17-18-19-20-21-22-23-24-25-26-27-28-29-30-31-32-33-34-35-36-37-38-39-40-41-42-44-46-48-50-52-54-56-60(64)61-58(57-62)59(63)55-53-51-49-47-45-43-16-14-12-10-8-6-4-2/h5,7,11,13,17-18,20-21,23-24,26-27,29-30,32-33,35-36,38-39,41-42,45-48,53,55,58-59,62-63H,3-4,6,8-10,12,14-16,19,22,25,28,31,34,37,40,43-44,49-52,54,56-57H2,1-2H3,(H,61,64)/b7-5-,13-11-,18-17-,21-20-,24-23-,27-26-,30-29-,33-32-,36-35-,39-38-,42-41-,47-45+,48-46-,55-53+. The van der Waals surface area contributed by atoms with Crippen molar-refractivity contribution in [3.8, 4) is 0 Å². The van der Waals surface area contributed by atoms with Gasteiger partial charge in [0, 0.05) is 6.42 Å². The van der Waals surface area contributed by atoms with E-state index in [4.69, 9.17) is 0 Å². The smallest absolute Gasteiger partial charge is 0.220 e. The Morgan fingerprint density at radius 2 is 0.703 bits per heavy atom. The first-order chi connectivity index (χ1) is 31.7. The number of allylic oxidation sites excluding steroid dienone is 27. The van der Waals surface area contributed by atoms with Crippen LogP contribution in [0.5, 0.6) is 0 Å². The van der Waals surface area contributed by atoms with Gasteiger partial charge in [-0.1, -0.05) is 223 Å². The summed E-state index contributed by atoms with van der Waals surface area (Å²) < 4.78 is 0. The Balaban J connectivity index is 3.79. The van der Waals surface area contributed by atoms with Gasteiger partial charge in [0.25, 0.3) is 0 Å². The van der Waals surface area contributed by atoms with E-state index in [1.165, 1.54) is 44.9 Å². The second-order valence-electron chi connectivity index (χ2n) is 16.1. The van der Waals surface area contributed by atoms with Gasteiger partial charge in [-0.3, -0.25) is 4.79 Å². The third kappa shape index (κ3) is 48.8. The maximum absolute atomic E-state index is 12.4. The van der Waals surface area contributed by atoms with Crippen LogP contribution in [0.25, 0.3) is 0 Å². The number of hydrogen-bond acceptors (Lipinski definition) is 3. The lowest BCUT2D eigenvalue weighted by Gasteiger charge is -2.19. The molecule has 2 unspecified atom stereocenters. The zero-order valence-corrected chi connectivity index (χ0v) is 40.7.